The monoisotopic (exact) mass is 230 g/mol. The number of unbranched alkanes of at least 4 members (excludes halogenated alkanes) is 1. The zero-order valence-electron chi connectivity index (χ0n) is 10.9. The zero-order chi connectivity index (χ0) is 12.3. The van der Waals surface area contributed by atoms with Crippen molar-refractivity contribution in [3.8, 4) is 0 Å². The molecule has 0 aliphatic heterocycles. The molecule has 2 heteroatoms. The van der Waals surface area contributed by atoms with E-state index in [1.165, 1.54) is 34.9 Å². The number of nitrogens with zero attached hydrogens (tertiary/aromatic N) is 1. The Kier molecular flexibility index (Phi) is 3.85. The second-order valence-corrected chi connectivity index (χ2v) is 4.76. The maximum Gasteiger partial charge on any atom is 0.0483 e. The van der Waals surface area contributed by atoms with Gasteiger partial charge in [0.05, 0.1) is 0 Å². The number of fused-ring (bicyclic) bond motifs is 1. The van der Waals surface area contributed by atoms with Gasteiger partial charge in [-0.3, -0.25) is 0 Å². The van der Waals surface area contributed by atoms with Crippen LogP contribution in [0.4, 0.5) is 0 Å². The molecule has 0 unspecified atom stereocenters. The van der Waals surface area contributed by atoms with Gasteiger partial charge in [-0.15, -0.1) is 0 Å². The molecule has 2 aromatic rings. The van der Waals surface area contributed by atoms with Gasteiger partial charge in [-0.2, -0.15) is 0 Å². The van der Waals surface area contributed by atoms with Gasteiger partial charge in [0.1, 0.15) is 0 Å². The van der Waals surface area contributed by atoms with Gasteiger partial charge in [0, 0.05) is 23.6 Å². The first-order valence-electron chi connectivity index (χ1n) is 6.54. The molecule has 0 spiro atoms. The van der Waals surface area contributed by atoms with Crippen LogP contribution < -0.4 is 5.73 Å². The molecule has 0 aliphatic carbocycles. The van der Waals surface area contributed by atoms with Crippen LogP contribution in [0.5, 0.6) is 0 Å². The van der Waals surface area contributed by atoms with Gasteiger partial charge in [-0.1, -0.05) is 25.0 Å². The van der Waals surface area contributed by atoms with E-state index >= 15 is 0 Å². The summed E-state index contributed by atoms with van der Waals surface area (Å²) < 4.78 is 2.38. The van der Waals surface area contributed by atoms with Crippen LogP contribution >= 0.6 is 0 Å². The van der Waals surface area contributed by atoms with Crippen LogP contribution in [0.15, 0.2) is 24.4 Å². The zero-order valence-corrected chi connectivity index (χ0v) is 10.9. The number of hydrogen-bond acceptors (Lipinski definition) is 1. The highest BCUT2D eigenvalue weighted by molar-refractivity contribution is 5.84. The van der Waals surface area contributed by atoms with Gasteiger partial charge in [0.2, 0.25) is 0 Å². The van der Waals surface area contributed by atoms with Gasteiger partial charge in [0.25, 0.3) is 0 Å². The van der Waals surface area contributed by atoms with E-state index in [0.29, 0.717) is 0 Å². The molecule has 2 N–H and O–H groups in total. The summed E-state index contributed by atoms with van der Waals surface area (Å²) in [6.07, 6.45) is 5.73. The molecule has 1 aromatic heterocycles. The minimum Gasteiger partial charge on any atom is -0.347 e. The minimum atomic E-state index is 0.723. The predicted molar refractivity (Wildman–Crippen MR) is 74.3 cm³/mol. The maximum absolute atomic E-state index is 5.69. The molecule has 1 aromatic carbocycles. The summed E-state index contributed by atoms with van der Waals surface area (Å²) in [5.41, 5.74) is 9.76. The lowest BCUT2D eigenvalue weighted by Gasteiger charge is -2.03. The second kappa shape index (κ2) is 5.37. The van der Waals surface area contributed by atoms with Crippen LogP contribution in [-0.4, -0.2) is 11.1 Å². The smallest absolute Gasteiger partial charge is 0.0483 e. The highest BCUT2D eigenvalue weighted by Crippen LogP contribution is 2.23. The van der Waals surface area contributed by atoms with E-state index in [2.05, 4.69) is 42.8 Å². The third kappa shape index (κ3) is 2.52. The second-order valence-electron chi connectivity index (χ2n) is 4.76. The predicted octanol–water partition coefficient (Wildman–Crippen LogP) is 3.25. The molecule has 2 nitrogen and oxygen atoms in total. The van der Waals surface area contributed by atoms with E-state index < -0.39 is 0 Å². The lowest BCUT2D eigenvalue weighted by molar-refractivity contribution is 0.648. The van der Waals surface area contributed by atoms with Crippen molar-refractivity contribution in [2.45, 2.75) is 39.7 Å². The molecule has 0 radical (unpaired) electrons. The molecule has 2 rings (SSSR count). The average molecular weight is 230 g/mol. The van der Waals surface area contributed by atoms with Gasteiger partial charge < -0.3 is 10.3 Å². The summed E-state index contributed by atoms with van der Waals surface area (Å²) in [7, 11) is 0. The normalized spacial score (nSPS) is 11.2. The molecule has 0 aliphatic rings. The molecule has 0 fully saturated rings. The molecule has 0 bridgehead atoms. The van der Waals surface area contributed by atoms with Gasteiger partial charge >= 0.3 is 0 Å². The lowest BCUT2D eigenvalue weighted by Crippen LogP contribution is -2.02. The van der Waals surface area contributed by atoms with E-state index in [-0.39, 0.29) is 0 Å². The number of rotatable bonds is 5. The SMILES string of the molecule is CCCCn1cc(CCN)c2cc(C)ccc21. The first-order chi connectivity index (χ1) is 8.26. The molecule has 17 heavy (non-hydrogen) atoms. The highest BCUT2D eigenvalue weighted by atomic mass is 15.0. The molecule has 0 atom stereocenters. The number of benzene rings is 1. The third-order valence-corrected chi connectivity index (χ3v) is 3.29. The molecular formula is C15H22N2. The topological polar surface area (TPSA) is 30.9 Å². The standard InChI is InChI=1S/C15H22N2/c1-3-4-9-17-11-13(7-8-16)14-10-12(2)5-6-15(14)17/h5-6,10-11H,3-4,7-9,16H2,1-2H3. The quantitative estimate of drug-likeness (QED) is 0.840. The maximum atomic E-state index is 5.69. The van der Waals surface area contributed by atoms with Crippen molar-refractivity contribution >= 4 is 10.9 Å². The first kappa shape index (κ1) is 12.2. The third-order valence-electron chi connectivity index (χ3n) is 3.29. The summed E-state index contributed by atoms with van der Waals surface area (Å²) in [5, 5.41) is 1.38. The van der Waals surface area contributed by atoms with E-state index in [0.717, 1.165) is 19.5 Å². The van der Waals surface area contributed by atoms with Crippen LogP contribution in [0.3, 0.4) is 0 Å². The first-order valence-corrected chi connectivity index (χ1v) is 6.54. The number of hydrogen-bond donors (Lipinski definition) is 1. The molecule has 0 amide bonds. The number of aryl methyl sites for hydroxylation is 2. The van der Waals surface area contributed by atoms with Gasteiger partial charge in [-0.05, 0) is 44.0 Å². The van der Waals surface area contributed by atoms with Crippen LogP contribution in [0.2, 0.25) is 0 Å². The van der Waals surface area contributed by atoms with E-state index in [1.54, 1.807) is 0 Å². The summed E-state index contributed by atoms with van der Waals surface area (Å²) in [6.45, 7) is 6.22. The van der Waals surface area contributed by atoms with Crippen molar-refractivity contribution in [1.29, 1.82) is 0 Å². The van der Waals surface area contributed by atoms with E-state index in [9.17, 15) is 0 Å². The fourth-order valence-electron chi connectivity index (χ4n) is 2.35. The Morgan fingerprint density at radius 3 is 2.82 bits per heavy atom. The van der Waals surface area contributed by atoms with Crippen molar-refractivity contribution < 1.29 is 0 Å². The Balaban J connectivity index is 2.46. The highest BCUT2D eigenvalue weighted by Gasteiger charge is 2.07. The van der Waals surface area contributed by atoms with Crippen molar-refractivity contribution in [3.05, 3.63) is 35.5 Å². The fraction of sp³-hybridized carbons (Fsp3) is 0.467. The van der Waals surface area contributed by atoms with E-state index in [1.807, 2.05) is 0 Å². The Labute approximate surface area is 103 Å². The molecule has 1 heterocycles. The van der Waals surface area contributed by atoms with Crippen LogP contribution in [-0.2, 0) is 13.0 Å². The van der Waals surface area contributed by atoms with Crippen molar-refractivity contribution in [3.63, 3.8) is 0 Å². The van der Waals surface area contributed by atoms with Crippen LogP contribution in [0.1, 0.15) is 30.9 Å². The van der Waals surface area contributed by atoms with Crippen LogP contribution in [0.25, 0.3) is 10.9 Å². The molecule has 0 saturated carbocycles. The van der Waals surface area contributed by atoms with Gasteiger partial charge in [-0.25, -0.2) is 0 Å². The Hall–Kier alpha value is -1.28. The summed E-state index contributed by atoms with van der Waals surface area (Å²) >= 11 is 0. The molecule has 92 valence electrons. The summed E-state index contributed by atoms with van der Waals surface area (Å²) in [4.78, 5) is 0. The Morgan fingerprint density at radius 1 is 1.29 bits per heavy atom. The minimum absolute atomic E-state index is 0.723. The Morgan fingerprint density at radius 2 is 2.12 bits per heavy atom. The van der Waals surface area contributed by atoms with E-state index in [4.69, 9.17) is 5.73 Å². The summed E-state index contributed by atoms with van der Waals surface area (Å²) in [5.74, 6) is 0. The lowest BCUT2D eigenvalue weighted by atomic mass is 10.1. The largest absolute Gasteiger partial charge is 0.347 e. The number of nitrogens with two attached hydrogens (primary N) is 1. The Bertz CT molecular complexity index is 497. The van der Waals surface area contributed by atoms with Crippen LogP contribution in [0, 0.1) is 6.92 Å². The van der Waals surface area contributed by atoms with Crippen molar-refractivity contribution in [2.24, 2.45) is 5.73 Å². The molecule has 0 saturated heterocycles. The van der Waals surface area contributed by atoms with Crippen molar-refractivity contribution in [1.82, 2.24) is 4.57 Å². The average Bonchev–Trinajstić information content (AvgIpc) is 2.65. The number of aromatic nitrogens is 1. The fourth-order valence-corrected chi connectivity index (χ4v) is 2.35. The summed E-state index contributed by atoms with van der Waals surface area (Å²) in [6, 6.07) is 6.71. The van der Waals surface area contributed by atoms with Crippen molar-refractivity contribution in [2.75, 3.05) is 6.54 Å². The van der Waals surface area contributed by atoms with Gasteiger partial charge in [0.15, 0.2) is 0 Å². The molecular weight excluding hydrogens is 208 g/mol.